The number of unbranched alkanes of at least 4 members (excludes halogenated alkanes) is 1. The first-order valence-corrected chi connectivity index (χ1v) is 11.2. The number of hydrogen-bond acceptors (Lipinski definition) is 5. The molecule has 6 heteroatoms. The van der Waals surface area contributed by atoms with Crippen LogP contribution < -0.4 is 15.0 Å². The van der Waals surface area contributed by atoms with Gasteiger partial charge in [0.1, 0.15) is 17.9 Å². The number of carbonyl (C=O) groups excluding carboxylic acids is 1. The molecule has 1 unspecified atom stereocenters. The maximum atomic E-state index is 14.7. The summed E-state index contributed by atoms with van der Waals surface area (Å²) in [7, 11) is 4.14. The Morgan fingerprint density at radius 1 is 1.26 bits per heavy atom. The fourth-order valence-corrected chi connectivity index (χ4v) is 3.93. The summed E-state index contributed by atoms with van der Waals surface area (Å²) < 4.78 is 20.5. The van der Waals surface area contributed by atoms with Crippen LogP contribution in [0.3, 0.4) is 0 Å². The van der Waals surface area contributed by atoms with E-state index in [1.165, 1.54) is 0 Å². The predicted molar refractivity (Wildman–Crippen MR) is 125 cm³/mol. The van der Waals surface area contributed by atoms with Crippen molar-refractivity contribution in [2.75, 3.05) is 50.6 Å². The van der Waals surface area contributed by atoms with E-state index in [0.29, 0.717) is 36.9 Å². The highest BCUT2D eigenvalue weighted by Gasteiger charge is 2.25. The molecular weight excluding hydrogens is 393 g/mol. The summed E-state index contributed by atoms with van der Waals surface area (Å²) in [5, 5.41) is 3.28. The molecule has 0 amide bonds. The topological polar surface area (TPSA) is 44.8 Å². The van der Waals surface area contributed by atoms with E-state index in [1.807, 2.05) is 24.3 Å². The third kappa shape index (κ3) is 6.20. The zero-order valence-electron chi connectivity index (χ0n) is 18.9. The van der Waals surface area contributed by atoms with Crippen LogP contribution in [0.1, 0.15) is 42.1 Å². The number of nitrogens with zero attached hydrogens (tertiary/aromatic N) is 2. The van der Waals surface area contributed by atoms with Crippen LogP contribution in [0.4, 0.5) is 15.8 Å². The van der Waals surface area contributed by atoms with E-state index in [1.54, 1.807) is 12.1 Å². The molecule has 0 aliphatic carbocycles. The van der Waals surface area contributed by atoms with Crippen LogP contribution in [0.15, 0.2) is 36.4 Å². The lowest BCUT2D eigenvalue weighted by molar-refractivity contribution is 0.112. The summed E-state index contributed by atoms with van der Waals surface area (Å²) in [6.07, 6.45) is 4.65. The zero-order chi connectivity index (χ0) is 22.2. The second-order valence-corrected chi connectivity index (χ2v) is 8.38. The SMILES string of the molecule is CCCCOc1ccc(C=O)c(CCNc2ccc(N3CCC(N(C)C)C3)c(F)c2)c1. The maximum absolute atomic E-state index is 14.7. The Kier molecular flexibility index (Phi) is 8.29. The van der Waals surface area contributed by atoms with E-state index in [-0.39, 0.29) is 5.82 Å². The van der Waals surface area contributed by atoms with E-state index < -0.39 is 0 Å². The third-order valence-electron chi connectivity index (χ3n) is 5.91. The van der Waals surface area contributed by atoms with Gasteiger partial charge in [0.2, 0.25) is 0 Å². The molecule has 0 saturated carbocycles. The molecular formula is C25H34FN3O2. The van der Waals surface area contributed by atoms with Crippen LogP contribution in [-0.4, -0.2) is 57.6 Å². The molecule has 0 spiro atoms. The Labute approximate surface area is 185 Å². The van der Waals surface area contributed by atoms with Gasteiger partial charge in [0.15, 0.2) is 0 Å². The van der Waals surface area contributed by atoms with Gasteiger partial charge < -0.3 is 19.9 Å². The summed E-state index contributed by atoms with van der Waals surface area (Å²) in [6.45, 7) is 5.12. The second-order valence-electron chi connectivity index (χ2n) is 8.38. The van der Waals surface area contributed by atoms with Gasteiger partial charge in [-0.1, -0.05) is 13.3 Å². The summed E-state index contributed by atoms with van der Waals surface area (Å²) in [4.78, 5) is 15.7. The lowest BCUT2D eigenvalue weighted by Gasteiger charge is -2.22. The molecule has 31 heavy (non-hydrogen) atoms. The van der Waals surface area contributed by atoms with Crippen LogP contribution in [-0.2, 0) is 6.42 Å². The fraction of sp³-hybridized carbons (Fsp3) is 0.480. The number of aldehydes is 1. The van der Waals surface area contributed by atoms with Crippen LogP contribution in [0.5, 0.6) is 5.75 Å². The van der Waals surface area contributed by atoms with Crippen LogP contribution >= 0.6 is 0 Å². The highest BCUT2D eigenvalue weighted by Crippen LogP contribution is 2.27. The molecule has 2 aromatic rings. The summed E-state index contributed by atoms with van der Waals surface area (Å²) in [6, 6.07) is 11.4. The normalized spacial score (nSPS) is 16.0. The molecule has 1 fully saturated rings. The minimum atomic E-state index is -0.204. The molecule has 5 nitrogen and oxygen atoms in total. The minimum Gasteiger partial charge on any atom is -0.494 e. The van der Waals surface area contributed by atoms with Crippen LogP contribution in [0, 0.1) is 5.82 Å². The zero-order valence-corrected chi connectivity index (χ0v) is 18.9. The summed E-state index contributed by atoms with van der Waals surface area (Å²) >= 11 is 0. The van der Waals surface area contributed by atoms with E-state index in [2.05, 4.69) is 36.1 Å². The van der Waals surface area contributed by atoms with Crippen molar-refractivity contribution in [3.63, 3.8) is 0 Å². The highest BCUT2D eigenvalue weighted by molar-refractivity contribution is 5.77. The maximum Gasteiger partial charge on any atom is 0.150 e. The molecule has 1 aliphatic rings. The van der Waals surface area contributed by atoms with Crippen molar-refractivity contribution in [3.8, 4) is 5.75 Å². The van der Waals surface area contributed by atoms with Crippen molar-refractivity contribution in [1.82, 2.24) is 4.90 Å². The molecule has 1 heterocycles. The Morgan fingerprint density at radius 2 is 2.10 bits per heavy atom. The average molecular weight is 428 g/mol. The first kappa shape index (κ1) is 23.1. The highest BCUT2D eigenvalue weighted by atomic mass is 19.1. The van der Waals surface area contributed by atoms with Gasteiger partial charge in [-0.25, -0.2) is 4.39 Å². The number of hydrogen-bond donors (Lipinski definition) is 1. The van der Waals surface area contributed by atoms with Crippen molar-refractivity contribution in [3.05, 3.63) is 53.3 Å². The van der Waals surface area contributed by atoms with Crippen molar-refractivity contribution < 1.29 is 13.9 Å². The molecule has 0 bridgehead atoms. The summed E-state index contributed by atoms with van der Waals surface area (Å²) in [5.41, 5.74) is 3.00. The van der Waals surface area contributed by atoms with Crippen LogP contribution in [0.2, 0.25) is 0 Å². The van der Waals surface area contributed by atoms with Crippen LogP contribution in [0.25, 0.3) is 0 Å². The molecule has 1 atom stereocenters. The number of anilines is 2. The quantitative estimate of drug-likeness (QED) is 0.419. The number of rotatable bonds is 11. The lowest BCUT2D eigenvalue weighted by Crippen LogP contribution is -2.31. The molecule has 1 aliphatic heterocycles. The molecule has 168 valence electrons. The monoisotopic (exact) mass is 427 g/mol. The van der Waals surface area contributed by atoms with Crippen molar-refractivity contribution in [2.24, 2.45) is 0 Å². The molecule has 1 N–H and O–H groups in total. The lowest BCUT2D eigenvalue weighted by atomic mass is 10.0. The van der Waals surface area contributed by atoms with E-state index in [4.69, 9.17) is 4.74 Å². The molecule has 3 rings (SSSR count). The molecule has 1 saturated heterocycles. The van der Waals surface area contributed by atoms with Crippen molar-refractivity contribution >= 4 is 17.7 Å². The largest absolute Gasteiger partial charge is 0.494 e. The second kappa shape index (κ2) is 11.1. The Balaban J connectivity index is 1.57. The van der Waals surface area contributed by atoms with E-state index in [0.717, 1.165) is 55.6 Å². The Morgan fingerprint density at radius 3 is 2.77 bits per heavy atom. The van der Waals surface area contributed by atoms with Crippen molar-refractivity contribution in [1.29, 1.82) is 0 Å². The van der Waals surface area contributed by atoms with Gasteiger partial charge in [0.25, 0.3) is 0 Å². The standard InChI is InChI=1S/C25H34FN3O2/c1-4-5-14-31-23-8-6-20(18-30)19(15-23)10-12-27-21-7-9-25(24(26)16-21)29-13-11-22(17-29)28(2)3/h6-9,15-16,18,22,27H,4-5,10-14,17H2,1-3H3. The number of nitrogens with one attached hydrogen (secondary N) is 1. The summed E-state index contributed by atoms with van der Waals surface area (Å²) in [5.74, 6) is 0.579. The van der Waals surface area contributed by atoms with E-state index >= 15 is 0 Å². The van der Waals surface area contributed by atoms with E-state index in [9.17, 15) is 9.18 Å². The molecule has 2 aromatic carbocycles. The smallest absolute Gasteiger partial charge is 0.150 e. The average Bonchev–Trinajstić information content (AvgIpc) is 3.25. The minimum absolute atomic E-state index is 0.204. The van der Waals surface area contributed by atoms with Gasteiger partial charge in [0.05, 0.1) is 12.3 Å². The Bertz CT molecular complexity index is 872. The molecule has 0 aromatic heterocycles. The van der Waals surface area contributed by atoms with Gasteiger partial charge in [-0.3, -0.25) is 4.79 Å². The predicted octanol–water partition coefficient (Wildman–Crippen LogP) is 4.61. The van der Waals surface area contributed by atoms with Gasteiger partial charge in [-0.15, -0.1) is 0 Å². The Hall–Kier alpha value is -2.60. The number of likely N-dealkylation sites (N-methyl/N-ethyl adjacent to an activating group) is 1. The number of ether oxygens (including phenoxy) is 1. The van der Waals surface area contributed by atoms with Gasteiger partial charge in [-0.2, -0.15) is 0 Å². The number of halogens is 1. The fourth-order valence-electron chi connectivity index (χ4n) is 3.93. The first-order valence-electron chi connectivity index (χ1n) is 11.2. The van der Waals surface area contributed by atoms with Gasteiger partial charge in [0, 0.05) is 36.9 Å². The number of carbonyl (C=O) groups is 1. The van der Waals surface area contributed by atoms with Gasteiger partial charge in [-0.05, 0) is 75.3 Å². The first-order chi connectivity index (χ1) is 15.0. The third-order valence-corrected chi connectivity index (χ3v) is 5.91. The molecule has 0 radical (unpaired) electrons. The van der Waals surface area contributed by atoms with Crippen molar-refractivity contribution in [2.45, 2.75) is 38.6 Å². The van der Waals surface area contributed by atoms with Gasteiger partial charge >= 0.3 is 0 Å². The number of benzene rings is 2.